The lowest BCUT2D eigenvalue weighted by Crippen LogP contribution is -2.56. The Morgan fingerprint density at radius 3 is 2.48 bits per heavy atom. The number of nitrogens with one attached hydrogen (secondary N) is 2. The molecular formula is C13H14Cl3N3O5S. The van der Waals surface area contributed by atoms with Crippen molar-refractivity contribution in [2.75, 3.05) is 11.5 Å². The Kier molecular flexibility index (Phi) is 6.16. The first-order valence-corrected chi connectivity index (χ1v) is 10.0. The maximum Gasteiger partial charge on any atom is 0.282 e. The van der Waals surface area contributed by atoms with Crippen molar-refractivity contribution in [3.05, 3.63) is 39.9 Å². The molecule has 0 saturated carbocycles. The van der Waals surface area contributed by atoms with Crippen molar-refractivity contribution in [1.82, 2.24) is 10.6 Å². The SMILES string of the molecule is O=C(N[C@@H](N[C@H]1CCS(=O)(=O)C1)C(Cl)(Cl)Cl)c1ccccc1[N+](=O)[O-]. The average Bonchev–Trinajstić information content (AvgIpc) is 2.84. The van der Waals surface area contributed by atoms with Gasteiger partial charge in [-0.3, -0.25) is 20.2 Å². The first-order valence-electron chi connectivity index (χ1n) is 7.07. The molecule has 0 spiro atoms. The molecule has 0 bridgehead atoms. The predicted octanol–water partition coefficient (Wildman–Crippen LogP) is 1.80. The van der Waals surface area contributed by atoms with Crippen LogP contribution in [0.3, 0.4) is 0 Å². The van der Waals surface area contributed by atoms with Gasteiger partial charge < -0.3 is 5.32 Å². The van der Waals surface area contributed by atoms with E-state index in [1.165, 1.54) is 24.3 Å². The summed E-state index contributed by atoms with van der Waals surface area (Å²) in [5.74, 6) is -0.974. The molecular weight excluding hydrogens is 417 g/mol. The molecule has 138 valence electrons. The zero-order valence-electron chi connectivity index (χ0n) is 12.6. The van der Waals surface area contributed by atoms with E-state index >= 15 is 0 Å². The number of alkyl halides is 3. The molecule has 2 atom stereocenters. The van der Waals surface area contributed by atoms with Crippen molar-refractivity contribution in [2.24, 2.45) is 0 Å². The van der Waals surface area contributed by atoms with E-state index in [-0.39, 0.29) is 17.1 Å². The Hall–Kier alpha value is -1.13. The van der Waals surface area contributed by atoms with Crippen LogP contribution in [0.15, 0.2) is 24.3 Å². The largest absolute Gasteiger partial charge is 0.332 e. The molecule has 1 aliphatic heterocycles. The van der Waals surface area contributed by atoms with Gasteiger partial charge in [0.05, 0.1) is 16.4 Å². The van der Waals surface area contributed by atoms with E-state index in [0.29, 0.717) is 6.42 Å². The van der Waals surface area contributed by atoms with Gasteiger partial charge in [-0.15, -0.1) is 0 Å². The van der Waals surface area contributed by atoms with Crippen molar-refractivity contribution >= 4 is 56.2 Å². The molecule has 1 amide bonds. The third-order valence-corrected chi connectivity index (χ3v) is 6.01. The number of amides is 1. The van der Waals surface area contributed by atoms with E-state index in [9.17, 15) is 23.3 Å². The third-order valence-electron chi connectivity index (χ3n) is 3.58. The van der Waals surface area contributed by atoms with Crippen LogP contribution in [0.2, 0.25) is 0 Å². The molecule has 12 heteroatoms. The van der Waals surface area contributed by atoms with Crippen LogP contribution in [0, 0.1) is 10.1 Å². The fourth-order valence-corrected chi connectivity index (χ4v) is 4.45. The normalized spacial score (nSPS) is 20.8. The van der Waals surface area contributed by atoms with Crippen LogP contribution in [0.1, 0.15) is 16.8 Å². The van der Waals surface area contributed by atoms with Crippen LogP contribution < -0.4 is 10.6 Å². The first kappa shape index (κ1) is 20.2. The molecule has 1 aromatic rings. The van der Waals surface area contributed by atoms with Gasteiger partial charge in [0.1, 0.15) is 11.7 Å². The Labute approximate surface area is 158 Å². The number of nitro benzene ring substituents is 1. The van der Waals surface area contributed by atoms with Gasteiger partial charge in [-0.05, 0) is 12.5 Å². The van der Waals surface area contributed by atoms with Gasteiger partial charge >= 0.3 is 0 Å². The van der Waals surface area contributed by atoms with E-state index in [1.54, 1.807) is 0 Å². The summed E-state index contributed by atoms with van der Waals surface area (Å²) in [5.41, 5.74) is -0.598. The second kappa shape index (κ2) is 7.63. The minimum atomic E-state index is -3.18. The number of hydrogen-bond acceptors (Lipinski definition) is 6. The van der Waals surface area contributed by atoms with Crippen molar-refractivity contribution in [1.29, 1.82) is 0 Å². The monoisotopic (exact) mass is 429 g/mol. The number of carbonyl (C=O) groups is 1. The molecule has 1 aromatic carbocycles. The molecule has 2 rings (SSSR count). The molecule has 0 aliphatic carbocycles. The minimum absolute atomic E-state index is 0.00462. The highest BCUT2D eigenvalue weighted by Crippen LogP contribution is 2.30. The second-order valence-electron chi connectivity index (χ2n) is 5.49. The number of sulfone groups is 1. The highest BCUT2D eigenvalue weighted by molar-refractivity contribution is 7.91. The zero-order chi connectivity index (χ0) is 18.8. The molecule has 2 N–H and O–H groups in total. The van der Waals surface area contributed by atoms with E-state index in [1.807, 2.05) is 0 Å². The van der Waals surface area contributed by atoms with Crippen molar-refractivity contribution in [3.63, 3.8) is 0 Å². The van der Waals surface area contributed by atoms with Crippen LogP contribution in [0.5, 0.6) is 0 Å². The van der Waals surface area contributed by atoms with E-state index in [2.05, 4.69) is 10.6 Å². The summed E-state index contributed by atoms with van der Waals surface area (Å²) in [4.78, 5) is 22.7. The predicted molar refractivity (Wildman–Crippen MR) is 94.8 cm³/mol. The molecule has 1 heterocycles. The summed E-state index contributed by atoms with van der Waals surface area (Å²) in [7, 11) is -3.18. The quantitative estimate of drug-likeness (QED) is 0.318. The zero-order valence-corrected chi connectivity index (χ0v) is 15.7. The van der Waals surface area contributed by atoms with E-state index < -0.39 is 42.4 Å². The van der Waals surface area contributed by atoms with Gasteiger partial charge in [0, 0.05) is 12.1 Å². The van der Waals surface area contributed by atoms with Crippen LogP contribution >= 0.6 is 34.8 Å². The van der Waals surface area contributed by atoms with Gasteiger partial charge in [-0.2, -0.15) is 0 Å². The lowest BCUT2D eigenvalue weighted by molar-refractivity contribution is -0.385. The summed E-state index contributed by atoms with van der Waals surface area (Å²) in [6, 6.07) is 4.82. The lowest BCUT2D eigenvalue weighted by atomic mass is 10.1. The topological polar surface area (TPSA) is 118 Å². The number of hydrogen-bond donors (Lipinski definition) is 2. The first-order chi connectivity index (χ1) is 11.5. The van der Waals surface area contributed by atoms with Crippen molar-refractivity contribution in [2.45, 2.75) is 22.4 Å². The number of nitro groups is 1. The highest BCUT2D eigenvalue weighted by atomic mass is 35.6. The Morgan fingerprint density at radius 2 is 1.96 bits per heavy atom. The van der Waals surface area contributed by atoms with Gasteiger partial charge in [0.2, 0.25) is 3.79 Å². The summed E-state index contributed by atoms with van der Waals surface area (Å²) < 4.78 is 21.1. The Bertz CT molecular complexity index is 781. The van der Waals surface area contributed by atoms with Gasteiger partial charge in [-0.1, -0.05) is 46.9 Å². The molecule has 0 unspecified atom stereocenters. The molecule has 8 nitrogen and oxygen atoms in total. The number of benzene rings is 1. The maximum absolute atomic E-state index is 12.4. The average molecular weight is 431 g/mol. The molecule has 0 aromatic heterocycles. The number of nitrogens with zero attached hydrogens (tertiary/aromatic N) is 1. The van der Waals surface area contributed by atoms with E-state index in [4.69, 9.17) is 34.8 Å². The Balaban J connectivity index is 2.18. The summed E-state index contributed by atoms with van der Waals surface area (Å²) in [6.07, 6.45) is -0.927. The number of rotatable bonds is 5. The summed E-state index contributed by atoms with van der Waals surface area (Å²) in [6.45, 7) is 0. The highest BCUT2D eigenvalue weighted by Gasteiger charge is 2.39. The third kappa shape index (κ3) is 5.42. The lowest BCUT2D eigenvalue weighted by Gasteiger charge is -2.29. The van der Waals surface area contributed by atoms with Gasteiger partial charge in [0.15, 0.2) is 9.84 Å². The number of halogens is 3. The Morgan fingerprint density at radius 1 is 1.32 bits per heavy atom. The van der Waals surface area contributed by atoms with E-state index in [0.717, 1.165) is 0 Å². The van der Waals surface area contributed by atoms with Gasteiger partial charge in [-0.25, -0.2) is 8.42 Å². The summed E-state index contributed by atoms with van der Waals surface area (Å²) in [5, 5.41) is 16.2. The van der Waals surface area contributed by atoms with Crippen LogP contribution in [0.4, 0.5) is 5.69 Å². The van der Waals surface area contributed by atoms with Crippen LogP contribution in [0.25, 0.3) is 0 Å². The standard InChI is InChI=1S/C13H14Cl3N3O5S/c14-13(15,16)12(17-8-5-6-25(23,24)7-8)18-11(20)9-3-1-2-4-10(9)19(21)22/h1-4,8,12,17H,5-7H2,(H,18,20)/t8-,12+/m0/s1. The number of para-hydroxylation sites is 1. The van der Waals surface area contributed by atoms with Crippen LogP contribution in [-0.2, 0) is 9.84 Å². The number of carbonyl (C=O) groups excluding carboxylic acids is 1. The maximum atomic E-state index is 12.4. The molecule has 1 saturated heterocycles. The molecule has 25 heavy (non-hydrogen) atoms. The van der Waals surface area contributed by atoms with Gasteiger partial charge in [0.25, 0.3) is 11.6 Å². The smallest absolute Gasteiger partial charge is 0.282 e. The van der Waals surface area contributed by atoms with Crippen LogP contribution in [-0.4, -0.2) is 46.8 Å². The fourth-order valence-electron chi connectivity index (χ4n) is 2.41. The van der Waals surface area contributed by atoms with Crippen molar-refractivity contribution in [3.8, 4) is 0 Å². The fraction of sp³-hybridized carbons (Fsp3) is 0.462. The molecule has 1 aliphatic rings. The minimum Gasteiger partial charge on any atom is -0.332 e. The summed E-state index contributed by atoms with van der Waals surface area (Å²) >= 11 is 17.6. The van der Waals surface area contributed by atoms with Crippen molar-refractivity contribution < 1.29 is 18.1 Å². The second-order valence-corrected chi connectivity index (χ2v) is 10.1. The molecule has 0 radical (unpaired) electrons. The molecule has 1 fully saturated rings.